The number of nitriles is 1. The van der Waals surface area contributed by atoms with Gasteiger partial charge in [0.1, 0.15) is 16.1 Å². The number of aromatic nitrogens is 1. The Hall–Kier alpha value is -2.37. The quantitative estimate of drug-likeness (QED) is 0.389. The van der Waals surface area contributed by atoms with Gasteiger partial charge in [0.15, 0.2) is 0 Å². The Balaban J connectivity index is 1.67. The van der Waals surface area contributed by atoms with Crippen molar-refractivity contribution in [1.29, 1.82) is 5.26 Å². The Bertz CT molecular complexity index is 1030. The maximum absolute atomic E-state index is 12.7. The first kappa shape index (κ1) is 24.3. The lowest BCUT2D eigenvalue weighted by atomic mass is 9.88. The van der Waals surface area contributed by atoms with E-state index in [1.165, 1.54) is 28.0 Å². The van der Waals surface area contributed by atoms with Gasteiger partial charge >= 0.3 is 5.97 Å². The lowest BCUT2D eigenvalue weighted by Gasteiger charge is -2.18. The average Bonchev–Trinajstić information content (AvgIpc) is 3.11. The predicted octanol–water partition coefficient (Wildman–Crippen LogP) is 5.39. The van der Waals surface area contributed by atoms with E-state index < -0.39 is 0 Å². The Morgan fingerprint density at radius 2 is 2.19 bits per heavy atom. The van der Waals surface area contributed by atoms with Crippen molar-refractivity contribution < 1.29 is 14.3 Å². The second-order valence-electron chi connectivity index (χ2n) is 7.94. The van der Waals surface area contributed by atoms with Gasteiger partial charge in [-0.05, 0) is 56.2 Å². The largest absolute Gasteiger partial charge is 0.462 e. The number of fused-ring (bicyclic) bond motifs is 1. The summed E-state index contributed by atoms with van der Waals surface area (Å²) in [5, 5.41) is 13.6. The minimum absolute atomic E-state index is 0.155. The number of rotatable bonds is 9. The van der Waals surface area contributed by atoms with Crippen molar-refractivity contribution in [2.24, 2.45) is 5.92 Å². The molecule has 170 valence electrons. The maximum atomic E-state index is 12.7. The number of carbonyl (C=O) groups is 2. The third kappa shape index (κ3) is 5.90. The molecule has 0 saturated heterocycles. The first-order valence-corrected chi connectivity index (χ1v) is 12.9. The molecule has 8 heteroatoms. The second kappa shape index (κ2) is 11.5. The normalized spacial score (nSPS) is 15.0. The minimum atomic E-state index is -0.361. The van der Waals surface area contributed by atoms with Crippen LogP contribution in [0.1, 0.15) is 72.1 Å². The first-order valence-electron chi connectivity index (χ1n) is 11.1. The van der Waals surface area contributed by atoms with Gasteiger partial charge in [-0.25, -0.2) is 9.78 Å². The highest BCUT2D eigenvalue weighted by Gasteiger charge is 2.29. The van der Waals surface area contributed by atoms with Gasteiger partial charge in [0, 0.05) is 22.7 Å². The molecule has 1 aliphatic rings. The van der Waals surface area contributed by atoms with E-state index in [1.807, 2.05) is 6.07 Å². The van der Waals surface area contributed by atoms with E-state index in [4.69, 9.17) is 4.74 Å². The number of esters is 1. The van der Waals surface area contributed by atoms with Crippen LogP contribution >= 0.6 is 23.1 Å². The number of thiophene rings is 1. The fourth-order valence-electron chi connectivity index (χ4n) is 3.76. The zero-order valence-electron chi connectivity index (χ0n) is 18.8. The minimum Gasteiger partial charge on any atom is -0.462 e. The molecule has 2 aromatic heterocycles. The molecule has 0 fully saturated rings. The molecular weight excluding hydrogens is 442 g/mol. The van der Waals surface area contributed by atoms with E-state index in [2.05, 4.69) is 30.2 Å². The number of nitrogens with one attached hydrogen (secondary N) is 1. The summed E-state index contributed by atoms with van der Waals surface area (Å²) in [7, 11) is 0. The Morgan fingerprint density at radius 1 is 1.38 bits per heavy atom. The van der Waals surface area contributed by atoms with Crippen LogP contribution in [-0.4, -0.2) is 29.2 Å². The van der Waals surface area contributed by atoms with Crippen molar-refractivity contribution in [3.05, 3.63) is 39.4 Å². The van der Waals surface area contributed by atoms with Crippen molar-refractivity contribution in [3.63, 3.8) is 0 Å². The highest BCUT2D eigenvalue weighted by molar-refractivity contribution is 7.99. The van der Waals surface area contributed by atoms with Crippen LogP contribution < -0.4 is 5.32 Å². The molecule has 6 nitrogen and oxygen atoms in total. The summed E-state index contributed by atoms with van der Waals surface area (Å²) in [5.74, 6) is 0.555. The highest BCUT2D eigenvalue weighted by Crippen LogP contribution is 2.40. The van der Waals surface area contributed by atoms with Crippen LogP contribution in [0.4, 0.5) is 5.00 Å². The number of pyridine rings is 1. The van der Waals surface area contributed by atoms with Gasteiger partial charge in [-0.15, -0.1) is 23.1 Å². The molecule has 1 atom stereocenters. The van der Waals surface area contributed by atoms with Crippen LogP contribution in [0.5, 0.6) is 0 Å². The van der Waals surface area contributed by atoms with Crippen molar-refractivity contribution >= 4 is 40.0 Å². The zero-order valence-corrected chi connectivity index (χ0v) is 20.5. The van der Waals surface area contributed by atoms with Crippen LogP contribution in [0.3, 0.4) is 0 Å². The third-order valence-electron chi connectivity index (χ3n) is 5.36. The number of aryl methyl sites for hydroxylation is 1. The maximum Gasteiger partial charge on any atom is 0.341 e. The van der Waals surface area contributed by atoms with Crippen molar-refractivity contribution in [3.8, 4) is 6.07 Å². The fourth-order valence-corrected chi connectivity index (χ4v) is 6.10. The molecule has 0 spiro atoms. The number of ether oxygens (including phenoxy) is 1. The second-order valence-corrected chi connectivity index (χ2v) is 10.1. The molecule has 2 aromatic rings. The number of thioether (sulfide) groups is 1. The van der Waals surface area contributed by atoms with Crippen molar-refractivity contribution in [1.82, 2.24) is 4.98 Å². The standard InChI is InChI=1S/C24H29N3O3S2/c1-4-6-17-9-8-16(14-25)22(26-17)31-12-11-20(28)27-23-21(24(29)30-5-2)18-10-7-15(3)13-19(18)32-23/h8-9,15H,4-7,10-13H2,1-3H3,(H,27,28). The Labute approximate surface area is 197 Å². The summed E-state index contributed by atoms with van der Waals surface area (Å²) in [6.07, 6.45) is 4.90. The molecule has 3 rings (SSSR count). The highest BCUT2D eigenvalue weighted by atomic mass is 32.2. The molecule has 2 heterocycles. The van der Waals surface area contributed by atoms with Gasteiger partial charge in [0.05, 0.1) is 17.7 Å². The molecule has 0 bridgehead atoms. The topological polar surface area (TPSA) is 92.1 Å². The van der Waals surface area contributed by atoms with Crippen molar-refractivity contribution in [2.45, 2.75) is 64.3 Å². The number of hydrogen-bond donors (Lipinski definition) is 1. The molecule has 0 saturated carbocycles. The molecule has 1 aliphatic carbocycles. The average molecular weight is 472 g/mol. The van der Waals surface area contributed by atoms with E-state index in [9.17, 15) is 14.9 Å². The SMILES string of the molecule is CCCc1ccc(C#N)c(SCCC(=O)Nc2sc3c(c2C(=O)OCC)CCC(C)C3)n1. The smallest absolute Gasteiger partial charge is 0.341 e. The molecule has 1 N–H and O–H groups in total. The molecule has 1 unspecified atom stereocenters. The van der Waals surface area contributed by atoms with Crippen LogP contribution in [0.2, 0.25) is 0 Å². The van der Waals surface area contributed by atoms with Gasteiger partial charge in [0.2, 0.25) is 5.91 Å². The van der Waals surface area contributed by atoms with E-state index in [0.29, 0.717) is 39.4 Å². The number of nitrogens with zero attached hydrogens (tertiary/aromatic N) is 2. The number of anilines is 1. The predicted molar refractivity (Wildman–Crippen MR) is 128 cm³/mol. The first-order chi connectivity index (χ1) is 15.5. The summed E-state index contributed by atoms with van der Waals surface area (Å²) in [6.45, 7) is 6.38. The number of hydrogen-bond acceptors (Lipinski definition) is 7. The van der Waals surface area contributed by atoms with Crippen molar-refractivity contribution in [2.75, 3.05) is 17.7 Å². The molecule has 0 radical (unpaired) electrons. The third-order valence-corrected chi connectivity index (χ3v) is 7.52. The number of amides is 1. The van der Waals surface area contributed by atoms with Gasteiger partial charge in [-0.2, -0.15) is 5.26 Å². The molecule has 1 amide bonds. The fraction of sp³-hybridized carbons (Fsp3) is 0.500. The van der Waals surface area contributed by atoms with E-state index in [-0.39, 0.29) is 18.3 Å². The summed E-state index contributed by atoms with van der Waals surface area (Å²) in [4.78, 5) is 31.0. The van der Waals surface area contributed by atoms with E-state index >= 15 is 0 Å². The molecule has 32 heavy (non-hydrogen) atoms. The molecule has 0 aromatic carbocycles. The summed E-state index contributed by atoms with van der Waals surface area (Å²) >= 11 is 2.91. The zero-order chi connectivity index (χ0) is 23.1. The molecular formula is C24H29N3O3S2. The van der Waals surface area contributed by atoms with Crippen LogP contribution in [0.25, 0.3) is 0 Å². The van der Waals surface area contributed by atoms with E-state index in [1.54, 1.807) is 13.0 Å². The molecule has 0 aliphatic heterocycles. The van der Waals surface area contributed by atoms with Crippen LogP contribution in [0, 0.1) is 17.2 Å². The van der Waals surface area contributed by atoms with Crippen LogP contribution in [0.15, 0.2) is 17.2 Å². The number of carbonyl (C=O) groups excluding carboxylic acids is 2. The van der Waals surface area contributed by atoms with Crippen LogP contribution in [-0.2, 0) is 28.8 Å². The van der Waals surface area contributed by atoms with Gasteiger partial charge in [0.25, 0.3) is 0 Å². The Morgan fingerprint density at radius 3 is 2.91 bits per heavy atom. The van der Waals surface area contributed by atoms with Gasteiger partial charge in [-0.1, -0.05) is 20.3 Å². The Kier molecular flexibility index (Phi) is 8.71. The monoisotopic (exact) mass is 471 g/mol. The summed E-state index contributed by atoms with van der Waals surface area (Å²) in [6, 6.07) is 5.85. The summed E-state index contributed by atoms with van der Waals surface area (Å²) < 4.78 is 5.27. The van der Waals surface area contributed by atoms with E-state index in [0.717, 1.165) is 43.4 Å². The summed E-state index contributed by atoms with van der Waals surface area (Å²) in [5.41, 5.74) is 3.04. The van der Waals surface area contributed by atoms with Gasteiger partial charge in [-0.3, -0.25) is 4.79 Å². The lowest BCUT2D eigenvalue weighted by molar-refractivity contribution is -0.115. The lowest BCUT2D eigenvalue weighted by Crippen LogP contribution is -2.17. The van der Waals surface area contributed by atoms with Gasteiger partial charge < -0.3 is 10.1 Å².